The van der Waals surface area contributed by atoms with Crippen molar-refractivity contribution in [2.24, 2.45) is 0 Å². The predicted octanol–water partition coefficient (Wildman–Crippen LogP) is 1.53. The Labute approximate surface area is 88.4 Å². The van der Waals surface area contributed by atoms with Gasteiger partial charge in [-0.3, -0.25) is 4.79 Å². The lowest BCUT2D eigenvalue weighted by Crippen LogP contribution is -2.14. The largest absolute Gasteiger partial charge is 0.455 e. The van der Waals surface area contributed by atoms with Crippen LogP contribution in [0.15, 0.2) is 43.0 Å². The molecule has 3 heteroatoms. The topological polar surface area (TPSA) is 43.4 Å². The van der Waals surface area contributed by atoms with Crippen molar-refractivity contribution < 1.29 is 14.3 Å². The van der Waals surface area contributed by atoms with Crippen molar-refractivity contribution in [3.05, 3.63) is 48.6 Å². The third-order valence-corrected chi connectivity index (χ3v) is 1.79. The van der Waals surface area contributed by atoms with Gasteiger partial charge in [0.25, 0.3) is 0 Å². The van der Waals surface area contributed by atoms with Crippen LogP contribution in [0.2, 0.25) is 0 Å². The van der Waals surface area contributed by atoms with Crippen molar-refractivity contribution in [2.45, 2.75) is 6.42 Å². The minimum atomic E-state index is -0.573. The molecule has 0 spiro atoms. The molecule has 1 aromatic rings. The van der Waals surface area contributed by atoms with Crippen LogP contribution in [0.1, 0.15) is 5.56 Å². The Morgan fingerprint density at radius 1 is 1.27 bits per heavy atom. The SMILES string of the molecule is C=CC(=O)OCC(=O)Cc1ccccc1. The summed E-state index contributed by atoms with van der Waals surface area (Å²) in [6.45, 7) is 3.04. The van der Waals surface area contributed by atoms with Gasteiger partial charge >= 0.3 is 5.97 Å². The van der Waals surface area contributed by atoms with Crippen LogP contribution in [-0.2, 0) is 20.7 Å². The zero-order valence-electron chi connectivity index (χ0n) is 8.31. The van der Waals surface area contributed by atoms with Crippen LogP contribution in [-0.4, -0.2) is 18.4 Å². The van der Waals surface area contributed by atoms with Crippen LogP contribution in [0, 0.1) is 0 Å². The number of ether oxygens (including phenoxy) is 1. The van der Waals surface area contributed by atoms with Crippen LogP contribution < -0.4 is 0 Å². The Kier molecular flexibility index (Phi) is 4.29. The van der Waals surface area contributed by atoms with Gasteiger partial charge < -0.3 is 4.74 Å². The summed E-state index contributed by atoms with van der Waals surface area (Å²) in [6.07, 6.45) is 1.32. The molecule has 0 bridgehead atoms. The van der Waals surface area contributed by atoms with E-state index in [0.717, 1.165) is 11.6 Å². The highest BCUT2D eigenvalue weighted by molar-refractivity contribution is 5.87. The fourth-order valence-corrected chi connectivity index (χ4v) is 1.09. The number of hydrogen-bond donors (Lipinski definition) is 0. The monoisotopic (exact) mass is 204 g/mol. The summed E-state index contributed by atoms with van der Waals surface area (Å²) < 4.78 is 4.62. The Morgan fingerprint density at radius 3 is 2.53 bits per heavy atom. The fourth-order valence-electron chi connectivity index (χ4n) is 1.09. The number of carbonyl (C=O) groups is 2. The molecule has 15 heavy (non-hydrogen) atoms. The van der Waals surface area contributed by atoms with Gasteiger partial charge in [-0.1, -0.05) is 36.9 Å². The van der Waals surface area contributed by atoms with E-state index in [2.05, 4.69) is 11.3 Å². The van der Waals surface area contributed by atoms with Gasteiger partial charge in [0, 0.05) is 12.5 Å². The first-order chi connectivity index (χ1) is 7.22. The highest BCUT2D eigenvalue weighted by atomic mass is 16.5. The van der Waals surface area contributed by atoms with Crippen molar-refractivity contribution in [1.29, 1.82) is 0 Å². The molecule has 1 aromatic carbocycles. The maximum absolute atomic E-state index is 11.3. The van der Waals surface area contributed by atoms with Crippen LogP contribution in [0.25, 0.3) is 0 Å². The molecular weight excluding hydrogens is 192 g/mol. The third-order valence-electron chi connectivity index (χ3n) is 1.79. The highest BCUT2D eigenvalue weighted by Crippen LogP contribution is 2.00. The molecule has 0 aromatic heterocycles. The van der Waals surface area contributed by atoms with Crippen LogP contribution in [0.3, 0.4) is 0 Å². The lowest BCUT2D eigenvalue weighted by Gasteiger charge is -2.01. The maximum atomic E-state index is 11.3. The smallest absolute Gasteiger partial charge is 0.330 e. The number of hydrogen-bond acceptors (Lipinski definition) is 3. The average Bonchev–Trinajstić information content (AvgIpc) is 2.27. The minimum Gasteiger partial charge on any atom is -0.455 e. The van der Waals surface area contributed by atoms with Crippen LogP contribution >= 0.6 is 0 Å². The summed E-state index contributed by atoms with van der Waals surface area (Å²) in [5, 5.41) is 0. The van der Waals surface area contributed by atoms with Gasteiger partial charge in [0.1, 0.15) is 0 Å². The molecule has 0 saturated carbocycles. The molecule has 0 aliphatic rings. The molecule has 0 saturated heterocycles. The fraction of sp³-hybridized carbons (Fsp3) is 0.167. The Bertz CT molecular complexity index is 354. The van der Waals surface area contributed by atoms with Crippen molar-refractivity contribution in [3.8, 4) is 0 Å². The van der Waals surface area contributed by atoms with Gasteiger partial charge in [-0.05, 0) is 5.56 Å². The van der Waals surface area contributed by atoms with E-state index < -0.39 is 5.97 Å². The van der Waals surface area contributed by atoms with Gasteiger partial charge in [-0.15, -0.1) is 0 Å². The Hall–Kier alpha value is -1.90. The van der Waals surface area contributed by atoms with E-state index in [9.17, 15) is 9.59 Å². The molecule has 0 fully saturated rings. The second kappa shape index (κ2) is 5.75. The third kappa shape index (κ3) is 4.22. The summed E-state index contributed by atoms with van der Waals surface area (Å²) in [5.74, 6) is -0.701. The molecule has 3 nitrogen and oxygen atoms in total. The van der Waals surface area contributed by atoms with E-state index in [4.69, 9.17) is 0 Å². The van der Waals surface area contributed by atoms with Crippen molar-refractivity contribution in [2.75, 3.05) is 6.61 Å². The van der Waals surface area contributed by atoms with Gasteiger partial charge in [0.2, 0.25) is 0 Å². The number of benzene rings is 1. The molecular formula is C12H12O3. The van der Waals surface area contributed by atoms with E-state index in [1.807, 2.05) is 30.3 Å². The molecule has 0 unspecified atom stereocenters. The number of carbonyl (C=O) groups excluding carboxylic acids is 2. The quantitative estimate of drug-likeness (QED) is 0.539. The minimum absolute atomic E-state index is 0.128. The average molecular weight is 204 g/mol. The van der Waals surface area contributed by atoms with Crippen LogP contribution in [0.4, 0.5) is 0 Å². The first-order valence-corrected chi connectivity index (χ1v) is 4.57. The van der Waals surface area contributed by atoms with Gasteiger partial charge in [-0.25, -0.2) is 4.79 Å². The standard InChI is InChI=1S/C12H12O3/c1-2-12(14)15-9-11(13)8-10-6-4-3-5-7-10/h2-7H,1,8-9H2. The molecule has 1 rings (SSSR count). The summed E-state index contributed by atoms with van der Waals surface area (Å²) >= 11 is 0. The summed E-state index contributed by atoms with van der Waals surface area (Å²) in [7, 11) is 0. The number of esters is 1. The number of ketones is 1. The van der Waals surface area contributed by atoms with Gasteiger partial charge in [0.05, 0.1) is 0 Å². The van der Waals surface area contributed by atoms with E-state index in [1.165, 1.54) is 0 Å². The molecule has 0 aliphatic heterocycles. The molecule has 0 heterocycles. The maximum Gasteiger partial charge on any atom is 0.330 e. The van der Waals surface area contributed by atoms with Gasteiger partial charge in [-0.2, -0.15) is 0 Å². The molecule has 0 amide bonds. The lowest BCUT2D eigenvalue weighted by atomic mass is 10.1. The van der Waals surface area contributed by atoms with Crippen molar-refractivity contribution in [3.63, 3.8) is 0 Å². The Balaban J connectivity index is 2.37. The Morgan fingerprint density at radius 2 is 1.93 bits per heavy atom. The molecule has 78 valence electrons. The highest BCUT2D eigenvalue weighted by Gasteiger charge is 2.05. The number of Topliss-reactive ketones (excluding diaryl/α,β-unsaturated/α-hetero) is 1. The second-order valence-electron chi connectivity index (χ2n) is 3.01. The van der Waals surface area contributed by atoms with Gasteiger partial charge in [0.15, 0.2) is 12.4 Å². The van der Waals surface area contributed by atoms with Crippen LogP contribution in [0.5, 0.6) is 0 Å². The van der Waals surface area contributed by atoms with E-state index >= 15 is 0 Å². The lowest BCUT2D eigenvalue weighted by molar-refractivity contribution is -0.142. The van der Waals surface area contributed by atoms with E-state index in [-0.39, 0.29) is 18.8 Å². The molecule has 0 atom stereocenters. The van der Waals surface area contributed by atoms with Crippen molar-refractivity contribution in [1.82, 2.24) is 0 Å². The molecule has 0 radical (unpaired) electrons. The van der Waals surface area contributed by atoms with Crippen molar-refractivity contribution >= 4 is 11.8 Å². The number of rotatable bonds is 5. The zero-order valence-corrected chi connectivity index (χ0v) is 8.31. The first-order valence-electron chi connectivity index (χ1n) is 4.57. The molecule has 0 aliphatic carbocycles. The summed E-state index contributed by atoms with van der Waals surface area (Å²) in [4.78, 5) is 22.0. The summed E-state index contributed by atoms with van der Waals surface area (Å²) in [6, 6.07) is 9.31. The van der Waals surface area contributed by atoms with E-state index in [1.54, 1.807) is 0 Å². The molecule has 0 N–H and O–H groups in total. The first kappa shape index (κ1) is 11.2. The predicted molar refractivity (Wildman–Crippen MR) is 56.3 cm³/mol. The van der Waals surface area contributed by atoms with E-state index in [0.29, 0.717) is 0 Å². The zero-order chi connectivity index (χ0) is 11.1. The summed E-state index contributed by atoms with van der Waals surface area (Å²) in [5.41, 5.74) is 0.914. The second-order valence-corrected chi connectivity index (χ2v) is 3.01. The normalized spacial score (nSPS) is 9.33.